The number of hydrogen-bond acceptors (Lipinski definition) is 10. The van der Waals surface area contributed by atoms with Crippen LogP contribution in [0.5, 0.6) is 0 Å². The van der Waals surface area contributed by atoms with Crippen molar-refractivity contribution in [2.24, 2.45) is 50.2 Å². The molecule has 0 amide bonds. The van der Waals surface area contributed by atoms with E-state index in [4.69, 9.17) is 9.26 Å². The van der Waals surface area contributed by atoms with E-state index in [2.05, 4.69) is 20.8 Å². The number of carbonyl (C=O) groups excluding carboxylic acids is 2. The molecular weight excluding hydrogens is 655 g/mol. The van der Waals surface area contributed by atoms with Crippen LogP contribution in [0.1, 0.15) is 99.8 Å². The number of ether oxygens (including phenoxy) is 1. The summed E-state index contributed by atoms with van der Waals surface area (Å²) in [5, 5.41) is 52.0. The number of allylic oxidation sites excluding steroid dienone is 2. The lowest BCUT2D eigenvalue weighted by molar-refractivity contribution is -0.202. The van der Waals surface area contributed by atoms with Crippen molar-refractivity contribution < 1.29 is 58.6 Å². The van der Waals surface area contributed by atoms with E-state index in [0.717, 1.165) is 24.8 Å². The second-order valence-corrected chi connectivity index (χ2v) is 20.0. The van der Waals surface area contributed by atoms with Gasteiger partial charge < -0.3 is 39.7 Å². The van der Waals surface area contributed by atoms with Crippen molar-refractivity contribution in [3.63, 3.8) is 0 Å². The molecule has 0 spiro atoms. The zero-order chi connectivity index (χ0) is 36.5. The molecule has 49 heavy (non-hydrogen) atoms. The Morgan fingerprint density at radius 3 is 2.29 bits per heavy atom. The minimum absolute atomic E-state index is 0.0729. The third kappa shape index (κ3) is 4.90. The molecule has 12 nitrogen and oxygen atoms in total. The molecule has 6 N–H and O–H groups in total. The maximum absolute atomic E-state index is 14.8. The molecule has 0 aromatic rings. The normalized spacial score (nSPS) is 47.8. The van der Waals surface area contributed by atoms with Gasteiger partial charge in [-0.15, -0.1) is 0 Å². The number of aliphatic carboxylic acids is 1. The van der Waals surface area contributed by atoms with Crippen LogP contribution in [-0.4, -0.2) is 78.7 Å². The minimum atomic E-state index is -4.97. The summed E-state index contributed by atoms with van der Waals surface area (Å²) in [5.74, 6) is -4.98. The van der Waals surface area contributed by atoms with Gasteiger partial charge in [0, 0.05) is 5.92 Å². The molecule has 1 aliphatic heterocycles. The molecule has 1 heterocycles. The fraction of sp³-hybridized carbons (Fsp3) is 0.806. The Hall–Kier alpha value is -2.24. The van der Waals surface area contributed by atoms with E-state index >= 15 is 0 Å². The molecule has 0 bridgehead atoms. The molecule has 4 fully saturated rings. The first-order valence-corrected chi connectivity index (χ1v) is 19.2. The van der Waals surface area contributed by atoms with Crippen molar-refractivity contribution in [2.45, 2.75) is 124 Å². The summed E-state index contributed by atoms with van der Waals surface area (Å²) in [6.45, 7) is 13.1. The summed E-state index contributed by atoms with van der Waals surface area (Å²) >= 11 is 0. The fourth-order valence-corrected chi connectivity index (χ4v) is 13.9. The second-order valence-electron chi connectivity index (χ2n) is 18.0. The molecule has 0 radical (unpaired) electrons. The van der Waals surface area contributed by atoms with E-state index in [0.29, 0.717) is 25.7 Å². The van der Waals surface area contributed by atoms with E-state index in [-0.39, 0.29) is 29.5 Å². The van der Waals surface area contributed by atoms with Gasteiger partial charge in [-0.25, -0.2) is 9.36 Å². The molecule has 13 heteroatoms. The first kappa shape index (κ1) is 36.5. The lowest BCUT2D eigenvalue weighted by Crippen LogP contribution is -2.68. The van der Waals surface area contributed by atoms with Crippen LogP contribution in [0.15, 0.2) is 23.2 Å². The Kier molecular flexibility index (Phi) is 8.30. The molecule has 6 rings (SSSR count). The van der Waals surface area contributed by atoms with E-state index < -0.39 is 94.6 Å². The summed E-state index contributed by atoms with van der Waals surface area (Å²) in [7, 11) is -4.97. The highest BCUT2D eigenvalue weighted by Crippen LogP contribution is 2.76. The highest BCUT2D eigenvalue weighted by Gasteiger charge is 2.72. The Bertz CT molecular complexity index is 1580. The lowest BCUT2D eigenvalue weighted by atomic mass is 9.33. The third-order valence-corrected chi connectivity index (χ3v) is 16.9. The average molecular weight is 709 g/mol. The smallest absolute Gasteiger partial charge is 0.382 e. The van der Waals surface area contributed by atoms with Crippen LogP contribution < -0.4 is 0 Å². The van der Waals surface area contributed by atoms with Gasteiger partial charge in [-0.05, 0) is 103 Å². The summed E-state index contributed by atoms with van der Waals surface area (Å²) in [6, 6.07) is 0. The van der Waals surface area contributed by atoms with Gasteiger partial charge in [-0.2, -0.15) is 0 Å². The Balaban J connectivity index is 1.41. The quantitative estimate of drug-likeness (QED) is 0.165. The van der Waals surface area contributed by atoms with Crippen LogP contribution in [0, 0.1) is 50.2 Å². The first-order valence-electron chi connectivity index (χ1n) is 17.6. The van der Waals surface area contributed by atoms with Crippen LogP contribution in [0.2, 0.25) is 0 Å². The third-order valence-electron chi connectivity index (χ3n) is 15.1. The number of cyclic esters (lactones) is 1. The number of ketones is 1. The van der Waals surface area contributed by atoms with Gasteiger partial charge in [0.05, 0.1) is 23.8 Å². The van der Waals surface area contributed by atoms with Crippen molar-refractivity contribution in [3.8, 4) is 0 Å². The van der Waals surface area contributed by atoms with Gasteiger partial charge in [-0.1, -0.05) is 47.1 Å². The molecule has 0 aromatic heterocycles. The summed E-state index contributed by atoms with van der Waals surface area (Å²) in [5.41, 5.74) is -4.31. The molecule has 0 saturated heterocycles. The molecule has 13 atom stereocenters. The van der Waals surface area contributed by atoms with E-state index in [1.807, 2.05) is 27.7 Å². The summed E-state index contributed by atoms with van der Waals surface area (Å²) in [4.78, 5) is 50.9. The van der Waals surface area contributed by atoms with Crippen molar-refractivity contribution in [1.82, 2.24) is 0 Å². The predicted octanol–water partition coefficient (Wildman–Crippen LogP) is 4.64. The Labute approximate surface area is 287 Å². The number of esters is 1. The van der Waals surface area contributed by atoms with Gasteiger partial charge in [0.2, 0.25) is 5.76 Å². The summed E-state index contributed by atoms with van der Waals surface area (Å²) < 4.78 is 24.6. The lowest BCUT2D eigenvalue weighted by Gasteiger charge is -2.71. The largest absolute Gasteiger partial charge is 0.499 e. The maximum Gasteiger partial charge on any atom is 0.382 e. The number of rotatable bonds is 6. The van der Waals surface area contributed by atoms with Crippen LogP contribution >= 0.6 is 7.60 Å². The molecule has 6 aliphatic rings. The van der Waals surface area contributed by atoms with E-state index in [1.165, 1.54) is 0 Å². The maximum atomic E-state index is 14.8. The van der Waals surface area contributed by atoms with Crippen molar-refractivity contribution >= 4 is 25.3 Å². The van der Waals surface area contributed by atoms with Gasteiger partial charge >= 0.3 is 19.5 Å². The van der Waals surface area contributed by atoms with Crippen molar-refractivity contribution in [2.75, 3.05) is 6.61 Å². The predicted molar refractivity (Wildman–Crippen MR) is 176 cm³/mol. The Morgan fingerprint density at radius 1 is 1.04 bits per heavy atom. The SMILES string of the molecule is CC1(C)C2CC[C@]3(C)C(C(=O)C=C4[C@H]5C[C@@](C)(C(=O)O)CC[C@]5(C)CC[C@]43C)[C@@]2(C)CC(P(=O)(O)OC2=C(O)C(=O)O[C@@H]2[C@@H](O)CO)[C@@H]1O. The van der Waals surface area contributed by atoms with Crippen LogP contribution in [-0.2, 0) is 28.2 Å². The van der Waals surface area contributed by atoms with Gasteiger partial charge in [0.25, 0.3) is 0 Å². The number of aliphatic hydroxyl groups is 4. The van der Waals surface area contributed by atoms with Crippen LogP contribution in [0.25, 0.3) is 0 Å². The molecule has 5 aliphatic carbocycles. The molecule has 4 saturated carbocycles. The molecule has 274 valence electrons. The molecule has 4 unspecified atom stereocenters. The highest BCUT2D eigenvalue weighted by molar-refractivity contribution is 7.53. The zero-order valence-electron chi connectivity index (χ0n) is 29.6. The van der Waals surface area contributed by atoms with Crippen molar-refractivity contribution in [1.29, 1.82) is 0 Å². The van der Waals surface area contributed by atoms with Crippen molar-refractivity contribution in [3.05, 3.63) is 23.2 Å². The fourth-order valence-electron chi connectivity index (χ4n) is 11.9. The van der Waals surface area contributed by atoms with E-state index in [1.54, 1.807) is 6.08 Å². The van der Waals surface area contributed by atoms with Gasteiger partial charge in [0.15, 0.2) is 17.6 Å². The number of carbonyl (C=O) groups is 3. The van der Waals surface area contributed by atoms with Crippen LogP contribution in [0.3, 0.4) is 0 Å². The number of aliphatic hydroxyl groups excluding tert-OH is 4. The Morgan fingerprint density at radius 2 is 1.67 bits per heavy atom. The topological polar surface area (TPSA) is 208 Å². The standard InChI is InChI=1S/C36H53O12P/c1-31(2)23-8-9-36(7)27(20(38)14-18-19-15-33(4,30(43)44)11-10-32(19,3)12-13-35(18,36)6)34(23,5)16-22(28(31)41)49(45,46)48-26-24(40)29(42)47-25(26)21(39)17-37/h14,19,21-23,25,27-28,37,39-41H,8-13,15-17H2,1-7H3,(H,43,44)(H,45,46)/t19-,21+,22?,23?,25-,27?,28+,32-,33+,34+,35-,36-/m1/s1. The zero-order valence-corrected chi connectivity index (χ0v) is 30.5. The minimum Gasteiger partial charge on any atom is -0.499 e. The summed E-state index contributed by atoms with van der Waals surface area (Å²) in [6.07, 6.45) is 1.73. The van der Waals surface area contributed by atoms with E-state index in [9.17, 15) is 49.4 Å². The number of hydrogen-bond donors (Lipinski definition) is 6. The number of fused-ring (bicyclic) bond motifs is 7. The molecule has 0 aromatic carbocycles. The van der Waals surface area contributed by atoms with Crippen LogP contribution in [0.4, 0.5) is 0 Å². The molecular formula is C36H53O12P. The monoisotopic (exact) mass is 708 g/mol. The average Bonchev–Trinajstić information content (AvgIpc) is 3.28. The second kappa shape index (κ2) is 11.1. The van der Waals surface area contributed by atoms with Gasteiger partial charge in [0.1, 0.15) is 6.10 Å². The first-order chi connectivity index (χ1) is 22.4. The number of carboxylic acids is 1. The van der Waals surface area contributed by atoms with Gasteiger partial charge in [-0.3, -0.25) is 9.59 Å². The highest BCUT2D eigenvalue weighted by atomic mass is 31.2. The number of carboxylic acid groups (broad SMARTS) is 1.